The van der Waals surface area contributed by atoms with E-state index in [4.69, 9.17) is 42.6 Å². The summed E-state index contributed by atoms with van der Waals surface area (Å²) in [4.78, 5) is 12.2. The summed E-state index contributed by atoms with van der Waals surface area (Å²) in [5.41, 5.74) is 4.79. The molecule has 1 aliphatic rings. The maximum absolute atomic E-state index is 12.2. The first-order chi connectivity index (χ1) is 21.3. The molecule has 2 aromatic rings. The van der Waals surface area contributed by atoms with Crippen LogP contribution in [0.25, 0.3) is 11.1 Å². The van der Waals surface area contributed by atoms with Crippen molar-refractivity contribution >= 4 is 6.09 Å². The van der Waals surface area contributed by atoms with Gasteiger partial charge in [0.1, 0.15) is 6.61 Å². The summed E-state index contributed by atoms with van der Waals surface area (Å²) in [5.74, 6) is 0.0435. The van der Waals surface area contributed by atoms with Crippen molar-refractivity contribution in [3.05, 3.63) is 59.7 Å². The minimum atomic E-state index is -0.448. The van der Waals surface area contributed by atoms with Gasteiger partial charge >= 0.3 is 6.09 Å². The summed E-state index contributed by atoms with van der Waals surface area (Å²) in [5, 5.41) is 2.74. The van der Waals surface area contributed by atoms with Crippen molar-refractivity contribution in [3.8, 4) is 11.1 Å². The van der Waals surface area contributed by atoms with Gasteiger partial charge < -0.3 is 47.9 Å². The molecule has 2 aromatic carbocycles. The molecule has 0 spiro atoms. The molecule has 11 nitrogen and oxygen atoms in total. The summed E-state index contributed by atoms with van der Waals surface area (Å²) in [6.07, 6.45) is -0.448. The van der Waals surface area contributed by atoms with Crippen LogP contribution in [0.1, 0.15) is 17.0 Å². The fourth-order valence-corrected chi connectivity index (χ4v) is 4.44. The zero-order chi connectivity index (χ0) is 30.2. The standard InChI is InChI=1S/C32H47NO10/c1-35-12-13-37-16-17-39-20-21-41-24-25-42-23-22-40-19-18-38-15-14-36-11-10-33-32(34)43-26-31-29-8-4-2-6-27(29)28-7-3-5-9-30(28)31/h2-9,31H,10-26H2,1H3,(H,33,34). The van der Waals surface area contributed by atoms with Gasteiger partial charge in [-0.25, -0.2) is 4.79 Å². The van der Waals surface area contributed by atoms with Crippen LogP contribution in [-0.4, -0.2) is 125 Å². The second kappa shape index (κ2) is 22.9. The molecule has 0 radical (unpaired) electrons. The van der Waals surface area contributed by atoms with Crippen molar-refractivity contribution in [1.29, 1.82) is 0 Å². The Labute approximate surface area is 255 Å². The normalized spacial score (nSPS) is 12.3. The maximum Gasteiger partial charge on any atom is 0.407 e. The number of hydrogen-bond acceptors (Lipinski definition) is 10. The number of ether oxygens (including phenoxy) is 9. The highest BCUT2D eigenvalue weighted by Gasteiger charge is 2.28. The number of amides is 1. The van der Waals surface area contributed by atoms with Crippen molar-refractivity contribution < 1.29 is 47.4 Å². The second-order valence-corrected chi connectivity index (χ2v) is 9.53. The van der Waals surface area contributed by atoms with Gasteiger partial charge in [0, 0.05) is 19.6 Å². The SMILES string of the molecule is COCCOCCOCCOCCOCCOCCOCCOCCNC(=O)OCC1c2ccccc2-c2ccccc21. The van der Waals surface area contributed by atoms with Crippen molar-refractivity contribution in [3.63, 3.8) is 0 Å². The quantitative estimate of drug-likeness (QED) is 0.160. The Hall–Kier alpha value is -2.61. The van der Waals surface area contributed by atoms with Crippen LogP contribution in [0, 0.1) is 0 Å². The lowest BCUT2D eigenvalue weighted by molar-refractivity contribution is -0.0220. The third-order valence-electron chi connectivity index (χ3n) is 6.52. The van der Waals surface area contributed by atoms with E-state index in [2.05, 4.69) is 29.6 Å². The van der Waals surface area contributed by atoms with E-state index in [9.17, 15) is 4.79 Å². The highest BCUT2D eigenvalue weighted by atomic mass is 16.6. The van der Waals surface area contributed by atoms with E-state index >= 15 is 0 Å². The maximum atomic E-state index is 12.2. The van der Waals surface area contributed by atoms with E-state index in [0.717, 1.165) is 0 Å². The van der Waals surface area contributed by atoms with Gasteiger partial charge in [0.2, 0.25) is 0 Å². The molecular formula is C32H47NO10. The van der Waals surface area contributed by atoms with E-state index in [1.54, 1.807) is 7.11 Å². The van der Waals surface area contributed by atoms with E-state index in [1.165, 1.54) is 22.3 Å². The summed E-state index contributed by atoms with van der Waals surface area (Å²) in [7, 11) is 1.64. The van der Waals surface area contributed by atoms with Crippen LogP contribution in [0.15, 0.2) is 48.5 Å². The summed E-state index contributed by atoms with van der Waals surface area (Å²) in [6, 6.07) is 16.5. The highest BCUT2D eigenvalue weighted by molar-refractivity contribution is 5.79. The molecule has 43 heavy (non-hydrogen) atoms. The summed E-state index contributed by atoms with van der Waals surface area (Å²) in [6.45, 7) is 8.20. The zero-order valence-corrected chi connectivity index (χ0v) is 25.3. The molecule has 1 N–H and O–H groups in total. The molecule has 240 valence electrons. The zero-order valence-electron chi connectivity index (χ0n) is 25.3. The van der Waals surface area contributed by atoms with Gasteiger partial charge in [-0.2, -0.15) is 0 Å². The Balaban J connectivity index is 1.03. The number of hydrogen-bond donors (Lipinski definition) is 1. The van der Waals surface area contributed by atoms with Gasteiger partial charge in [0.05, 0.1) is 99.1 Å². The minimum absolute atomic E-state index is 0.0435. The van der Waals surface area contributed by atoms with Crippen molar-refractivity contribution in [1.82, 2.24) is 5.32 Å². The Morgan fingerprint density at radius 1 is 0.558 bits per heavy atom. The first-order valence-corrected chi connectivity index (χ1v) is 14.9. The number of methoxy groups -OCH3 is 1. The molecule has 0 atom stereocenters. The molecule has 0 aromatic heterocycles. The molecule has 0 unspecified atom stereocenters. The lowest BCUT2D eigenvalue weighted by atomic mass is 9.98. The molecule has 11 heteroatoms. The Morgan fingerprint density at radius 3 is 1.35 bits per heavy atom. The van der Waals surface area contributed by atoms with Crippen molar-refractivity contribution in [2.75, 3.05) is 119 Å². The lowest BCUT2D eigenvalue weighted by Gasteiger charge is -2.14. The van der Waals surface area contributed by atoms with Crippen LogP contribution in [0.2, 0.25) is 0 Å². The molecule has 0 heterocycles. The summed E-state index contributed by atoms with van der Waals surface area (Å²) < 4.78 is 48.5. The lowest BCUT2D eigenvalue weighted by Crippen LogP contribution is -2.29. The number of rotatable bonds is 26. The first-order valence-electron chi connectivity index (χ1n) is 14.9. The Kier molecular flexibility index (Phi) is 18.5. The molecule has 1 amide bonds. The van der Waals surface area contributed by atoms with Crippen molar-refractivity contribution in [2.45, 2.75) is 5.92 Å². The molecule has 0 aliphatic heterocycles. The number of fused-ring (bicyclic) bond motifs is 3. The Bertz CT molecular complexity index is 962. The van der Waals surface area contributed by atoms with Crippen LogP contribution in [0.5, 0.6) is 0 Å². The topological polar surface area (TPSA) is 112 Å². The van der Waals surface area contributed by atoms with E-state index in [-0.39, 0.29) is 5.92 Å². The molecule has 1 aliphatic carbocycles. The third-order valence-corrected chi connectivity index (χ3v) is 6.52. The van der Waals surface area contributed by atoms with E-state index in [1.807, 2.05) is 24.3 Å². The van der Waals surface area contributed by atoms with Crippen molar-refractivity contribution in [2.24, 2.45) is 0 Å². The number of nitrogens with one attached hydrogen (secondary N) is 1. The van der Waals surface area contributed by atoms with Gasteiger partial charge in [-0.1, -0.05) is 48.5 Å². The van der Waals surface area contributed by atoms with Gasteiger partial charge in [0.25, 0.3) is 0 Å². The highest BCUT2D eigenvalue weighted by Crippen LogP contribution is 2.44. The molecule has 0 bridgehead atoms. The predicted molar refractivity (Wildman–Crippen MR) is 161 cm³/mol. The smallest absolute Gasteiger partial charge is 0.407 e. The largest absolute Gasteiger partial charge is 0.449 e. The minimum Gasteiger partial charge on any atom is -0.449 e. The van der Waals surface area contributed by atoms with Crippen LogP contribution < -0.4 is 5.32 Å². The number of carbonyl (C=O) groups is 1. The van der Waals surface area contributed by atoms with Gasteiger partial charge in [-0.05, 0) is 22.3 Å². The molecular weight excluding hydrogens is 558 g/mol. The molecule has 0 fully saturated rings. The monoisotopic (exact) mass is 605 g/mol. The number of benzene rings is 2. The molecule has 0 saturated heterocycles. The van der Waals surface area contributed by atoms with Crippen LogP contribution in [0.4, 0.5) is 4.79 Å². The number of carbonyl (C=O) groups excluding carboxylic acids is 1. The average molecular weight is 606 g/mol. The Morgan fingerprint density at radius 2 is 0.930 bits per heavy atom. The fourth-order valence-electron chi connectivity index (χ4n) is 4.44. The average Bonchev–Trinajstić information content (AvgIpc) is 3.35. The van der Waals surface area contributed by atoms with Gasteiger partial charge in [-0.15, -0.1) is 0 Å². The fraction of sp³-hybridized carbons (Fsp3) is 0.594. The predicted octanol–water partition coefficient (Wildman–Crippen LogP) is 3.29. The van der Waals surface area contributed by atoms with E-state index < -0.39 is 6.09 Å². The van der Waals surface area contributed by atoms with E-state index in [0.29, 0.717) is 112 Å². The van der Waals surface area contributed by atoms with Crippen LogP contribution in [-0.2, 0) is 42.6 Å². The van der Waals surface area contributed by atoms with Crippen LogP contribution >= 0.6 is 0 Å². The number of alkyl carbamates (subject to hydrolysis) is 1. The van der Waals surface area contributed by atoms with Gasteiger partial charge in [0.15, 0.2) is 0 Å². The first kappa shape index (κ1) is 34.9. The summed E-state index contributed by atoms with van der Waals surface area (Å²) >= 11 is 0. The molecule has 0 saturated carbocycles. The molecule has 3 rings (SSSR count). The van der Waals surface area contributed by atoms with Crippen LogP contribution in [0.3, 0.4) is 0 Å². The third kappa shape index (κ3) is 14.1. The van der Waals surface area contributed by atoms with Gasteiger partial charge in [-0.3, -0.25) is 0 Å². The second-order valence-electron chi connectivity index (χ2n) is 9.53.